The van der Waals surface area contributed by atoms with Crippen LogP contribution in [0, 0.1) is 17.6 Å². The van der Waals surface area contributed by atoms with Crippen molar-refractivity contribution in [3.05, 3.63) is 88.4 Å². The van der Waals surface area contributed by atoms with E-state index >= 15 is 0 Å². The highest BCUT2D eigenvalue weighted by atomic mass is 35.5. The monoisotopic (exact) mass is 610 g/mol. The topological polar surface area (TPSA) is 62.0 Å². The van der Waals surface area contributed by atoms with E-state index in [0.717, 1.165) is 55.6 Å². The summed E-state index contributed by atoms with van der Waals surface area (Å²) in [5.41, 5.74) is 10.0. The van der Waals surface area contributed by atoms with Crippen molar-refractivity contribution in [2.45, 2.75) is 38.8 Å². The smallest absolute Gasteiger partial charge is 0.239 e. The number of piperazine rings is 1. The molecule has 1 atom stereocenters. The molecule has 2 saturated heterocycles. The fraction of sp³-hybridized carbons (Fsp3) is 0.441. The lowest BCUT2D eigenvalue weighted by atomic mass is 9.88. The van der Waals surface area contributed by atoms with Crippen LogP contribution >= 0.6 is 11.6 Å². The quantitative estimate of drug-likeness (QED) is 0.323. The van der Waals surface area contributed by atoms with E-state index in [1.807, 2.05) is 36.1 Å². The average molecular weight is 611 g/mol. The van der Waals surface area contributed by atoms with Gasteiger partial charge in [0.25, 0.3) is 0 Å². The van der Waals surface area contributed by atoms with Gasteiger partial charge < -0.3 is 20.3 Å². The van der Waals surface area contributed by atoms with Crippen LogP contribution in [0.2, 0.25) is 5.02 Å². The molecule has 2 fully saturated rings. The van der Waals surface area contributed by atoms with Crippen molar-refractivity contribution < 1.29 is 18.3 Å². The molecule has 3 aromatic rings. The summed E-state index contributed by atoms with van der Waals surface area (Å²) in [6.07, 6.45) is 2.53. The Morgan fingerprint density at radius 3 is 2.44 bits per heavy atom. The Labute approximate surface area is 258 Å². The predicted octanol–water partition coefficient (Wildman–Crippen LogP) is 5.61. The van der Waals surface area contributed by atoms with E-state index in [1.165, 1.54) is 12.1 Å². The fourth-order valence-electron chi connectivity index (χ4n) is 6.27. The van der Waals surface area contributed by atoms with Gasteiger partial charge in [-0.05, 0) is 98.3 Å². The first-order chi connectivity index (χ1) is 20.8. The standard InChI is InChI=1S/C34H41ClF2N4O2/c1-2-43-32-8-4-7-31(37)30(32)23-40-17-19-41(20-18-40)34(42)33(38)24-11-14-39(15-12-24)16-13-26-21-27(35)9-10-29(26)25-5-3-6-28(36)22-25/h3-10,21-22,24,33H,2,11-20,23,38H2,1H3/t33-/m1/s1. The minimum atomic E-state index is -0.516. The maximum Gasteiger partial charge on any atom is 0.239 e. The molecule has 1 amide bonds. The predicted molar refractivity (Wildman–Crippen MR) is 167 cm³/mol. The van der Waals surface area contributed by atoms with Gasteiger partial charge in [-0.15, -0.1) is 0 Å². The normalized spacial score (nSPS) is 17.7. The van der Waals surface area contributed by atoms with Gasteiger partial charge in [0.15, 0.2) is 0 Å². The molecule has 0 radical (unpaired) electrons. The number of carbonyl (C=O) groups excluding carboxylic acids is 1. The summed E-state index contributed by atoms with van der Waals surface area (Å²) in [4.78, 5) is 19.8. The van der Waals surface area contributed by atoms with E-state index in [0.29, 0.717) is 55.7 Å². The van der Waals surface area contributed by atoms with E-state index in [9.17, 15) is 13.6 Å². The highest BCUT2D eigenvalue weighted by Gasteiger charge is 2.33. The second-order valence-corrected chi connectivity index (χ2v) is 12.0. The first-order valence-corrected chi connectivity index (χ1v) is 15.6. The molecule has 0 aliphatic carbocycles. The van der Waals surface area contributed by atoms with E-state index in [1.54, 1.807) is 24.3 Å². The van der Waals surface area contributed by atoms with Gasteiger partial charge in [0.2, 0.25) is 5.91 Å². The Morgan fingerprint density at radius 2 is 1.72 bits per heavy atom. The number of hydrogen-bond donors (Lipinski definition) is 1. The number of benzene rings is 3. The van der Waals surface area contributed by atoms with Gasteiger partial charge in [0, 0.05) is 49.9 Å². The minimum Gasteiger partial charge on any atom is -0.493 e. The van der Waals surface area contributed by atoms with Crippen molar-refractivity contribution in [1.82, 2.24) is 14.7 Å². The zero-order valence-electron chi connectivity index (χ0n) is 24.8. The number of nitrogens with zero attached hydrogens (tertiary/aromatic N) is 3. The van der Waals surface area contributed by atoms with E-state index in [2.05, 4.69) is 9.80 Å². The number of halogens is 3. The van der Waals surface area contributed by atoms with Crippen LogP contribution in [0.25, 0.3) is 11.1 Å². The van der Waals surface area contributed by atoms with E-state index in [4.69, 9.17) is 22.1 Å². The van der Waals surface area contributed by atoms with Gasteiger partial charge in [0.1, 0.15) is 17.4 Å². The number of hydrogen-bond acceptors (Lipinski definition) is 5. The van der Waals surface area contributed by atoms with Gasteiger partial charge >= 0.3 is 0 Å². The number of carbonyl (C=O) groups is 1. The van der Waals surface area contributed by atoms with Crippen LogP contribution in [0.1, 0.15) is 30.9 Å². The Balaban J connectivity index is 1.09. The Kier molecular flexibility index (Phi) is 10.7. The maximum atomic E-state index is 14.5. The molecule has 0 bridgehead atoms. The highest BCUT2D eigenvalue weighted by molar-refractivity contribution is 6.30. The number of amides is 1. The largest absolute Gasteiger partial charge is 0.493 e. The number of nitrogens with two attached hydrogens (primary N) is 1. The van der Waals surface area contributed by atoms with Gasteiger partial charge in [-0.3, -0.25) is 9.69 Å². The third-order valence-corrected chi connectivity index (χ3v) is 9.00. The Bertz CT molecular complexity index is 1390. The summed E-state index contributed by atoms with van der Waals surface area (Å²) in [5, 5.41) is 0.668. The van der Waals surface area contributed by atoms with Crippen LogP contribution in [0.4, 0.5) is 8.78 Å². The molecule has 0 saturated carbocycles. The minimum absolute atomic E-state index is 0.0117. The van der Waals surface area contributed by atoms with Crippen LogP contribution in [0.5, 0.6) is 5.75 Å². The van der Waals surface area contributed by atoms with E-state index in [-0.39, 0.29) is 23.5 Å². The van der Waals surface area contributed by atoms with Crippen molar-refractivity contribution in [3.63, 3.8) is 0 Å². The molecule has 2 aliphatic heterocycles. The molecule has 0 aromatic heterocycles. The SMILES string of the molecule is CCOc1cccc(F)c1CN1CCN(C(=O)[C@H](N)C2CCN(CCc3cc(Cl)ccc3-c3cccc(F)c3)CC2)CC1. The number of piperidine rings is 1. The molecule has 2 N–H and O–H groups in total. The molecule has 43 heavy (non-hydrogen) atoms. The van der Waals surface area contributed by atoms with E-state index < -0.39 is 6.04 Å². The summed E-state index contributed by atoms with van der Waals surface area (Å²) < 4.78 is 34.0. The first kappa shape index (κ1) is 31.4. The maximum absolute atomic E-state index is 14.5. The molecule has 9 heteroatoms. The number of likely N-dealkylation sites (tertiary alicyclic amines) is 1. The molecular formula is C34H41ClF2N4O2. The van der Waals surface area contributed by atoms with Gasteiger partial charge in [0.05, 0.1) is 12.6 Å². The van der Waals surface area contributed by atoms with Gasteiger partial charge in [-0.1, -0.05) is 35.9 Å². The molecule has 3 aromatic carbocycles. The number of ether oxygens (including phenoxy) is 1. The van der Waals surface area contributed by atoms with Crippen molar-refractivity contribution in [3.8, 4) is 16.9 Å². The second kappa shape index (κ2) is 14.6. The highest BCUT2D eigenvalue weighted by Crippen LogP contribution is 2.29. The van der Waals surface area contributed by atoms with Crippen molar-refractivity contribution >= 4 is 17.5 Å². The second-order valence-electron chi connectivity index (χ2n) is 11.5. The molecule has 230 valence electrons. The fourth-order valence-corrected chi connectivity index (χ4v) is 6.46. The lowest BCUT2D eigenvalue weighted by molar-refractivity contribution is -0.136. The van der Waals surface area contributed by atoms with Crippen LogP contribution in [0.3, 0.4) is 0 Å². The van der Waals surface area contributed by atoms with Gasteiger partial charge in [-0.25, -0.2) is 8.78 Å². The molecule has 2 heterocycles. The lowest BCUT2D eigenvalue weighted by Crippen LogP contribution is -2.55. The summed E-state index contributed by atoms with van der Waals surface area (Å²) in [7, 11) is 0. The average Bonchev–Trinajstić information content (AvgIpc) is 3.02. The summed E-state index contributed by atoms with van der Waals surface area (Å²) >= 11 is 6.31. The zero-order valence-corrected chi connectivity index (χ0v) is 25.5. The first-order valence-electron chi connectivity index (χ1n) is 15.3. The number of rotatable bonds is 10. The lowest BCUT2D eigenvalue weighted by Gasteiger charge is -2.39. The van der Waals surface area contributed by atoms with Crippen LogP contribution in [-0.4, -0.2) is 79.1 Å². The summed E-state index contributed by atoms with van der Waals surface area (Å²) in [5.74, 6) is 0.207. The molecule has 2 aliphatic rings. The van der Waals surface area contributed by atoms with Crippen molar-refractivity contribution in [2.75, 3.05) is 52.4 Å². The van der Waals surface area contributed by atoms with Gasteiger partial charge in [-0.2, -0.15) is 0 Å². The van der Waals surface area contributed by atoms with Crippen LogP contribution in [-0.2, 0) is 17.8 Å². The molecule has 0 unspecified atom stereocenters. The zero-order chi connectivity index (χ0) is 30.3. The Morgan fingerprint density at radius 1 is 0.977 bits per heavy atom. The third-order valence-electron chi connectivity index (χ3n) is 8.77. The van der Waals surface area contributed by atoms with Crippen LogP contribution in [0.15, 0.2) is 60.7 Å². The Hall–Kier alpha value is -3.04. The molecule has 0 spiro atoms. The third kappa shape index (κ3) is 7.92. The molecular weight excluding hydrogens is 570 g/mol. The summed E-state index contributed by atoms with van der Waals surface area (Å²) in [6.45, 7) is 7.92. The summed E-state index contributed by atoms with van der Waals surface area (Å²) in [6, 6.07) is 16.8. The molecule has 6 nitrogen and oxygen atoms in total. The van der Waals surface area contributed by atoms with Crippen LogP contribution < -0.4 is 10.5 Å². The van der Waals surface area contributed by atoms with Crippen molar-refractivity contribution in [2.24, 2.45) is 11.7 Å². The van der Waals surface area contributed by atoms with Crippen molar-refractivity contribution in [1.29, 1.82) is 0 Å². The molecule has 5 rings (SSSR count).